The van der Waals surface area contributed by atoms with Crippen molar-refractivity contribution in [3.8, 4) is 0 Å². The van der Waals surface area contributed by atoms with Crippen LogP contribution >= 0.6 is 11.6 Å². The van der Waals surface area contributed by atoms with Gasteiger partial charge < -0.3 is 6.53 Å². The van der Waals surface area contributed by atoms with Crippen molar-refractivity contribution in [2.75, 3.05) is 0 Å². The molecule has 2 nitrogen and oxygen atoms in total. The first-order valence-electron chi connectivity index (χ1n) is 2.69. The summed E-state index contributed by atoms with van der Waals surface area (Å²) in [5.74, 6) is -0.995. The minimum Gasteiger partial charge on any atom is -1.00 e. The Labute approximate surface area is 93.0 Å². The van der Waals surface area contributed by atoms with E-state index in [0.29, 0.717) is 0 Å². The first kappa shape index (κ1) is 11.0. The number of hydrogen-bond acceptors (Lipinski definition) is 1. The topological polar surface area (TPSA) is 37.3 Å². The molecule has 4 heteroatoms. The summed E-state index contributed by atoms with van der Waals surface area (Å²) in [7, 11) is 0. The van der Waals surface area contributed by atoms with Gasteiger partial charge in [0.15, 0.2) is 0 Å². The second kappa shape index (κ2) is 4.78. The molecule has 11 heavy (non-hydrogen) atoms. The average Bonchev–Trinajstić information content (AvgIpc) is 1.88. The SMILES string of the molecule is O=C(O)c1ccccc1Cl.[H-].[Na+]. The number of carboxylic acids is 1. The van der Waals surface area contributed by atoms with Gasteiger partial charge in [-0.3, -0.25) is 0 Å². The predicted octanol–water partition coefficient (Wildman–Crippen LogP) is -0.845. The zero-order chi connectivity index (χ0) is 7.56. The molecule has 0 heterocycles. The number of aromatic carboxylic acids is 1. The van der Waals surface area contributed by atoms with E-state index in [1.54, 1.807) is 18.2 Å². The monoisotopic (exact) mass is 180 g/mol. The molecule has 0 aliphatic heterocycles. The van der Waals surface area contributed by atoms with E-state index in [-0.39, 0.29) is 41.6 Å². The van der Waals surface area contributed by atoms with Gasteiger partial charge in [-0.25, -0.2) is 4.79 Å². The average molecular weight is 181 g/mol. The molecule has 1 aromatic carbocycles. The van der Waals surface area contributed by atoms with Crippen LogP contribution in [0.15, 0.2) is 24.3 Å². The third-order valence-electron chi connectivity index (χ3n) is 1.10. The molecular formula is C7H6ClNaO2. The number of carbonyl (C=O) groups is 1. The molecule has 0 aliphatic carbocycles. The zero-order valence-corrected chi connectivity index (χ0v) is 8.80. The van der Waals surface area contributed by atoms with Gasteiger partial charge in [-0.2, -0.15) is 0 Å². The van der Waals surface area contributed by atoms with Crippen LogP contribution in [0.2, 0.25) is 5.02 Å². The van der Waals surface area contributed by atoms with Crippen molar-refractivity contribution in [3.63, 3.8) is 0 Å². The Balaban J connectivity index is 0. The van der Waals surface area contributed by atoms with Crippen molar-refractivity contribution in [2.24, 2.45) is 0 Å². The van der Waals surface area contributed by atoms with E-state index in [1.807, 2.05) is 0 Å². The molecule has 1 rings (SSSR count). The summed E-state index contributed by atoms with van der Waals surface area (Å²) in [6.45, 7) is 0. The van der Waals surface area contributed by atoms with Crippen LogP contribution in [0.25, 0.3) is 0 Å². The molecule has 0 aliphatic rings. The Hall–Kier alpha value is -0.0200. The summed E-state index contributed by atoms with van der Waals surface area (Å²) < 4.78 is 0. The maximum Gasteiger partial charge on any atom is 1.00 e. The summed E-state index contributed by atoms with van der Waals surface area (Å²) in [5, 5.41) is 8.75. The molecule has 0 radical (unpaired) electrons. The Morgan fingerprint density at radius 2 is 2.00 bits per heavy atom. The molecule has 54 valence electrons. The van der Waals surface area contributed by atoms with Gasteiger partial charge in [0, 0.05) is 0 Å². The molecule has 1 aromatic rings. The van der Waals surface area contributed by atoms with E-state index in [4.69, 9.17) is 16.7 Å². The Morgan fingerprint density at radius 1 is 1.45 bits per heavy atom. The Kier molecular flexibility index (Phi) is 4.77. The van der Waals surface area contributed by atoms with Crippen molar-refractivity contribution in [1.82, 2.24) is 0 Å². The number of halogens is 1. The fourth-order valence-electron chi connectivity index (χ4n) is 0.635. The molecule has 0 fully saturated rings. The fraction of sp³-hybridized carbons (Fsp3) is 0. The molecule has 0 amide bonds. The third kappa shape index (κ3) is 2.83. The Morgan fingerprint density at radius 3 is 2.36 bits per heavy atom. The van der Waals surface area contributed by atoms with E-state index >= 15 is 0 Å². The van der Waals surface area contributed by atoms with Crippen LogP contribution in [-0.4, -0.2) is 11.1 Å². The van der Waals surface area contributed by atoms with Crippen molar-refractivity contribution >= 4 is 17.6 Å². The fourth-order valence-corrected chi connectivity index (χ4v) is 0.851. The molecule has 0 bridgehead atoms. The van der Waals surface area contributed by atoms with E-state index < -0.39 is 5.97 Å². The van der Waals surface area contributed by atoms with Gasteiger partial charge in [0.25, 0.3) is 0 Å². The summed E-state index contributed by atoms with van der Waals surface area (Å²) in [6, 6.07) is 6.33. The minimum absolute atomic E-state index is 0. The number of hydrogen-bond donors (Lipinski definition) is 1. The van der Waals surface area contributed by atoms with Gasteiger partial charge in [0.1, 0.15) is 0 Å². The molecular weight excluding hydrogens is 175 g/mol. The van der Waals surface area contributed by atoms with Crippen LogP contribution in [0.1, 0.15) is 11.8 Å². The van der Waals surface area contributed by atoms with E-state index in [2.05, 4.69) is 0 Å². The molecule has 0 saturated carbocycles. The summed E-state index contributed by atoms with van der Waals surface area (Å²) in [6.07, 6.45) is 0. The third-order valence-corrected chi connectivity index (χ3v) is 1.43. The molecule has 1 N–H and O–H groups in total. The van der Waals surface area contributed by atoms with Gasteiger partial charge >= 0.3 is 35.5 Å². The largest absolute Gasteiger partial charge is 1.00 e. The molecule has 0 saturated heterocycles. The van der Waals surface area contributed by atoms with Crippen LogP contribution in [0.5, 0.6) is 0 Å². The molecule has 0 spiro atoms. The second-order valence-electron chi connectivity index (χ2n) is 1.78. The van der Waals surface area contributed by atoms with E-state index in [0.717, 1.165) is 0 Å². The number of carboxylic acid groups (broad SMARTS) is 1. The zero-order valence-electron chi connectivity index (χ0n) is 7.04. The first-order chi connectivity index (χ1) is 4.72. The number of benzene rings is 1. The maximum absolute atomic E-state index is 10.3. The van der Waals surface area contributed by atoms with Crippen LogP contribution in [-0.2, 0) is 0 Å². The maximum atomic E-state index is 10.3. The van der Waals surface area contributed by atoms with Gasteiger partial charge in [-0.15, -0.1) is 0 Å². The predicted molar refractivity (Wildman–Crippen MR) is 39.5 cm³/mol. The summed E-state index contributed by atoms with van der Waals surface area (Å²) in [5.41, 5.74) is 0.143. The van der Waals surface area contributed by atoms with Crippen molar-refractivity contribution in [3.05, 3.63) is 34.9 Å². The van der Waals surface area contributed by atoms with Crippen LogP contribution in [0.4, 0.5) is 0 Å². The van der Waals surface area contributed by atoms with E-state index in [1.165, 1.54) is 6.07 Å². The van der Waals surface area contributed by atoms with Crippen LogP contribution in [0.3, 0.4) is 0 Å². The minimum atomic E-state index is -0.995. The van der Waals surface area contributed by atoms with Gasteiger partial charge in [-0.1, -0.05) is 23.7 Å². The van der Waals surface area contributed by atoms with Crippen LogP contribution in [0, 0.1) is 0 Å². The van der Waals surface area contributed by atoms with Crippen LogP contribution < -0.4 is 29.6 Å². The first-order valence-corrected chi connectivity index (χ1v) is 3.07. The van der Waals surface area contributed by atoms with Crippen molar-refractivity contribution in [2.45, 2.75) is 0 Å². The molecule has 0 unspecified atom stereocenters. The summed E-state index contributed by atoms with van der Waals surface area (Å²) >= 11 is 5.54. The Bertz CT molecular complexity index is 267. The molecule has 0 atom stereocenters. The number of rotatable bonds is 1. The van der Waals surface area contributed by atoms with Gasteiger partial charge in [0.2, 0.25) is 0 Å². The van der Waals surface area contributed by atoms with Gasteiger partial charge in [-0.05, 0) is 12.1 Å². The van der Waals surface area contributed by atoms with Crippen molar-refractivity contribution < 1.29 is 40.9 Å². The quantitative estimate of drug-likeness (QED) is 0.572. The smallest absolute Gasteiger partial charge is 1.00 e. The molecule has 0 aromatic heterocycles. The van der Waals surface area contributed by atoms with Crippen molar-refractivity contribution in [1.29, 1.82) is 0 Å². The van der Waals surface area contributed by atoms with E-state index in [9.17, 15) is 4.79 Å². The second-order valence-corrected chi connectivity index (χ2v) is 2.19. The summed E-state index contributed by atoms with van der Waals surface area (Å²) in [4.78, 5) is 10.3. The van der Waals surface area contributed by atoms with Gasteiger partial charge in [0.05, 0.1) is 10.6 Å². The normalized spacial score (nSPS) is 8.45. The standard InChI is InChI=1S/C7H5ClO2.Na.H/c8-6-4-2-1-3-5(6)7(9)10;;/h1-4H,(H,9,10);;/q;+1;-1.